The molecule has 4 rings (SSSR count). The molecule has 7 nitrogen and oxygen atoms in total. The van der Waals surface area contributed by atoms with Crippen LogP contribution in [-0.4, -0.2) is 81.0 Å². The number of fused-ring (bicyclic) bond motifs is 1. The van der Waals surface area contributed by atoms with Crippen LogP contribution in [0, 0.1) is 0 Å². The van der Waals surface area contributed by atoms with Crippen LogP contribution in [0.4, 0.5) is 0 Å². The van der Waals surface area contributed by atoms with E-state index in [1.165, 1.54) is 63.8 Å². The number of benzene rings is 1. The molecule has 1 aromatic rings. The maximum Gasteiger partial charge on any atom is 0.231 e. The van der Waals surface area contributed by atoms with E-state index in [2.05, 4.69) is 46.5 Å². The summed E-state index contributed by atoms with van der Waals surface area (Å²) in [7, 11) is 2.24. The molecule has 0 aliphatic carbocycles. The number of aliphatic imine (C=N–C) groups is 1. The smallest absolute Gasteiger partial charge is 0.231 e. The molecule has 3 heterocycles. The van der Waals surface area contributed by atoms with Crippen molar-refractivity contribution in [2.24, 2.45) is 4.99 Å². The van der Waals surface area contributed by atoms with Crippen LogP contribution in [0.1, 0.15) is 44.6 Å². The Hall–Kier alpha value is -1.26. The van der Waals surface area contributed by atoms with Crippen molar-refractivity contribution in [2.75, 3.05) is 59.7 Å². The third-order valence-corrected chi connectivity index (χ3v) is 6.96. The number of likely N-dealkylation sites (tertiary alicyclic amines) is 2. The predicted octanol–water partition coefficient (Wildman–Crippen LogP) is 3.08. The summed E-state index contributed by atoms with van der Waals surface area (Å²) < 4.78 is 10.9. The number of nitrogens with one attached hydrogen (secondary N) is 2. The van der Waals surface area contributed by atoms with Gasteiger partial charge in [0.15, 0.2) is 17.5 Å². The number of hydrogen-bond donors (Lipinski definition) is 2. The minimum absolute atomic E-state index is 0. The van der Waals surface area contributed by atoms with E-state index in [0.717, 1.165) is 43.5 Å². The fourth-order valence-electron chi connectivity index (χ4n) is 4.97. The summed E-state index contributed by atoms with van der Waals surface area (Å²) in [6.45, 7) is 9.83. The molecule has 180 valence electrons. The summed E-state index contributed by atoms with van der Waals surface area (Å²) in [6, 6.07) is 6.19. The minimum Gasteiger partial charge on any atom is -0.454 e. The third-order valence-electron chi connectivity index (χ3n) is 6.96. The number of rotatable bonds is 7. The van der Waals surface area contributed by atoms with Gasteiger partial charge in [-0.2, -0.15) is 0 Å². The highest BCUT2D eigenvalue weighted by atomic mass is 127. The highest BCUT2D eigenvalue weighted by Gasteiger charge is 2.39. The Morgan fingerprint density at radius 3 is 2.53 bits per heavy atom. The van der Waals surface area contributed by atoms with E-state index in [4.69, 9.17) is 14.5 Å². The topological polar surface area (TPSA) is 61.4 Å². The Kier molecular flexibility index (Phi) is 9.73. The number of ether oxygens (including phenoxy) is 2. The van der Waals surface area contributed by atoms with E-state index < -0.39 is 0 Å². The molecule has 3 aliphatic heterocycles. The average molecular weight is 558 g/mol. The second kappa shape index (κ2) is 12.3. The molecule has 0 amide bonds. The number of nitrogens with zero attached hydrogens (tertiary/aromatic N) is 3. The molecule has 8 heteroatoms. The van der Waals surface area contributed by atoms with Gasteiger partial charge in [0, 0.05) is 18.6 Å². The molecule has 2 N–H and O–H groups in total. The second-order valence-corrected chi connectivity index (χ2v) is 9.13. The van der Waals surface area contributed by atoms with Gasteiger partial charge in [-0.25, -0.2) is 0 Å². The SMILES string of the molecule is CCNC(=NCC1(N2CCCCC2)CCN(C)CC1)NCCc1ccc2c(c1)OCO2.I. The summed E-state index contributed by atoms with van der Waals surface area (Å²) in [5.74, 6) is 2.62. The minimum atomic E-state index is 0. The first-order chi connectivity index (χ1) is 15.2. The molecule has 0 bridgehead atoms. The quantitative estimate of drug-likeness (QED) is 0.306. The second-order valence-electron chi connectivity index (χ2n) is 9.13. The number of halogens is 1. The first-order valence-electron chi connectivity index (χ1n) is 12.0. The lowest BCUT2D eigenvalue weighted by Gasteiger charge is -2.49. The standard InChI is InChI=1S/C24H39N5O2.HI/c1-3-25-23(26-12-9-20-7-8-21-22(17-20)31-19-30-21)27-18-24(10-15-28(2)16-11-24)29-13-5-4-6-14-29;/h7-8,17H,3-6,9-16,18-19H2,1-2H3,(H2,25,26,27);1H. The van der Waals surface area contributed by atoms with Crippen LogP contribution >= 0.6 is 24.0 Å². The van der Waals surface area contributed by atoms with Crippen molar-refractivity contribution < 1.29 is 9.47 Å². The van der Waals surface area contributed by atoms with Crippen molar-refractivity contribution in [1.82, 2.24) is 20.4 Å². The molecule has 3 aliphatic rings. The normalized spacial score (nSPS) is 21.1. The maximum atomic E-state index is 5.50. The molecule has 2 saturated heterocycles. The van der Waals surface area contributed by atoms with Gasteiger partial charge in [0.2, 0.25) is 6.79 Å². The van der Waals surface area contributed by atoms with Crippen molar-refractivity contribution in [3.63, 3.8) is 0 Å². The zero-order valence-corrected chi connectivity index (χ0v) is 22.0. The van der Waals surface area contributed by atoms with Crippen LogP contribution in [0.25, 0.3) is 0 Å². The van der Waals surface area contributed by atoms with Crippen molar-refractivity contribution in [3.8, 4) is 11.5 Å². The summed E-state index contributed by atoms with van der Waals surface area (Å²) in [5, 5.41) is 6.99. The summed E-state index contributed by atoms with van der Waals surface area (Å²) in [4.78, 5) is 10.3. The Morgan fingerprint density at radius 1 is 1.03 bits per heavy atom. The molecule has 0 atom stereocenters. The van der Waals surface area contributed by atoms with Crippen molar-refractivity contribution >= 4 is 29.9 Å². The highest BCUT2D eigenvalue weighted by Crippen LogP contribution is 2.33. The van der Waals surface area contributed by atoms with E-state index in [1.807, 2.05) is 6.07 Å². The van der Waals surface area contributed by atoms with Gasteiger partial charge in [0.25, 0.3) is 0 Å². The van der Waals surface area contributed by atoms with E-state index >= 15 is 0 Å². The monoisotopic (exact) mass is 557 g/mol. The van der Waals surface area contributed by atoms with Crippen LogP contribution in [-0.2, 0) is 6.42 Å². The Bertz CT molecular complexity index is 746. The van der Waals surface area contributed by atoms with Crippen LogP contribution in [0.3, 0.4) is 0 Å². The molecule has 0 spiro atoms. The van der Waals surface area contributed by atoms with E-state index in [9.17, 15) is 0 Å². The third kappa shape index (κ3) is 6.41. The molecule has 1 aromatic carbocycles. The number of hydrogen-bond acceptors (Lipinski definition) is 5. The lowest BCUT2D eigenvalue weighted by Crippen LogP contribution is -2.58. The van der Waals surface area contributed by atoms with Crippen LogP contribution < -0.4 is 20.1 Å². The van der Waals surface area contributed by atoms with Crippen molar-refractivity contribution in [3.05, 3.63) is 23.8 Å². The maximum absolute atomic E-state index is 5.50. The molecule has 0 saturated carbocycles. The number of piperidine rings is 2. The van der Waals surface area contributed by atoms with Crippen LogP contribution in [0.2, 0.25) is 0 Å². The lowest BCUT2D eigenvalue weighted by molar-refractivity contribution is 0.0208. The van der Waals surface area contributed by atoms with Crippen LogP contribution in [0.15, 0.2) is 23.2 Å². The molecular weight excluding hydrogens is 517 g/mol. The predicted molar refractivity (Wildman–Crippen MR) is 141 cm³/mol. The number of guanidine groups is 1. The zero-order chi connectivity index (χ0) is 21.5. The molecule has 0 radical (unpaired) electrons. The van der Waals surface area contributed by atoms with Gasteiger partial charge in [-0.3, -0.25) is 9.89 Å². The van der Waals surface area contributed by atoms with Crippen molar-refractivity contribution in [1.29, 1.82) is 0 Å². The lowest BCUT2D eigenvalue weighted by atomic mass is 9.84. The molecular formula is C24H40IN5O2. The van der Waals surface area contributed by atoms with Crippen molar-refractivity contribution in [2.45, 2.75) is 51.0 Å². The largest absolute Gasteiger partial charge is 0.454 e. The van der Waals surface area contributed by atoms with Gasteiger partial charge in [0.1, 0.15) is 0 Å². The Balaban J connectivity index is 0.00000289. The van der Waals surface area contributed by atoms with E-state index in [1.54, 1.807) is 0 Å². The van der Waals surface area contributed by atoms with E-state index in [-0.39, 0.29) is 29.5 Å². The average Bonchev–Trinajstić information content (AvgIpc) is 3.27. The fourth-order valence-corrected chi connectivity index (χ4v) is 4.97. The van der Waals surface area contributed by atoms with E-state index in [0.29, 0.717) is 6.79 Å². The fraction of sp³-hybridized carbons (Fsp3) is 0.708. The summed E-state index contributed by atoms with van der Waals surface area (Å²) in [5.41, 5.74) is 1.46. The van der Waals surface area contributed by atoms with Gasteiger partial charge < -0.3 is 25.0 Å². The van der Waals surface area contributed by atoms with Crippen LogP contribution in [0.5, 0.6) is 11.5 Å². The molecule has 0 aromatic heterocycles. The van der Waals surface area contributed by atoms with Gasteiger partial charge in [-0.1, -0.05) is 12.5 Å². The summed E-state index contributed by atoms with van der Waals surface area (Å²) >= 11 is 0. The Labute approximate surface area is 210 Å². The molecule has 32 heavy (non-hydrogen) atoms. The summed E-state index contributed by atoms with van der Waals surface area (Å²) in [6.07, 6.45) is 7.38. The first-order valence-corrected chi connectivity index (χ1v) is 12.0. The molecule has 2 fully saturated rings. The zero-order valence-electron chi connectivity index (χ0n) is 19.7. The molecule has 0 unspecified atom stereocenters. The Morgan fingerprint density at radius 2 is 1.78 bits per heavy atom. The van der Waals surface area contributed by atoms with Gasteiger partial charge in [-0.05, 0) is 90.0 Å². The van der Waals surface area contributed by atoms with Gasteiger partial charge in [0.05, 0.1) is 6.54 Å². The highest BCUT2D eigenvalue weighted by molar-refractivity contribution is 14.0. The first kappa shape index (κ1) is 25.4. The van der Waals surface area contributed by atoms with Gasteiger partial charge >= 0.3 is 0 Å². The van der Waals surface area contributed by atoms with Gasteiger partial charge in [-0.15, -0.1) is 24.0 Å².